The third-order valence-corrected chi connectivity index (χ3v) is 5.43. The van der Waals surface area contributed by atoms with E-state index in [-0.39, 0.29) is 17.6 Å². The molecule has 4 aromatic rings. The fraction of sp³-hybridized carbons (Fsp3) is 0.333. The third-order valence-electron chi connectivity index (χ3n) is 5.43. The number of hydrogen-bond donors (Lipinski definition) is 0. The number of furan rings is 1. The summed E-state index contributed by atoms with van der Waals surface area (Å²) in [6, 6.07) is 7.81. The van der Waals surface area contributed by atoms with Crippen molar-refractivity contribution < 1.29 is 14.5 Å². The molecule has 0 bridgehead atoms. The quantitative estimate of drug-likeness (QED) is 0.258. The summed E-state index contributed by atoms with van der Waals surface area (Å²) in [5.74, 6) is 0. The van der Waals surface area contributed by atoms with Crippen LogP contribution in [0.15, 0.2) is 40.8 Å². The first-order valence-electron chi connectivity index (χ1n) is 12.1. The van der Waals surface area contributed by atoms with Crippen LogP contribution in [-0.4, -0.2) is 0 Å². The number of benzene rings is 2. The predicted octanol–water partition coefficient (Wildman–Crippen LogP) is 7.14. The SMILES string of the molecule is [2H]c1c(C([2H])([2H])C(C)(C)C)c([2H])c(-c2c(C)ccc3c2oc2c([N+]#[C-])c(C)ccc23)[n+](C)c1C. The van der Waals surface area contributed by atoms with Crippen LogP contribution in [0.25, 0.3) is 38.0 Å². The molecule has 0 N–H and O–H groups in total. The smallest absolute Gasteiger partial charge is 0.232 e. The van der Waals surface area contributed by atoms with Crippen LogP contribution in [-0.2, 0) is 13.4 Å². The molecule has 0 spiro atoms. The summed E-state index contributed by atoms with van der Waals surface area (Å²) in [6.07, 6.45) is -1.90. The van der Waals surface area contributed by atoms with Crippen LogP contribution < -0.4 is 4.57 Å². The number of rotatable bonds is 2. The van der Waals surface area contributed by atoms with Gasteiger partial charge in [-0.1, -0.05) is 45.0 Å². The summed E-state index contributed by atoms with van der Waals surface area (Å²) in [7, 11) is 1.80. The maximum Gasteiger partial charge on any atom is 0.232 e. The highest BCUT2D eigenvalue weighted by Gasteiger charge is 2.24. The van der Waals surface area contributed by atoms with Crippen molar-refractivity contribution in [2.75, 3.05) is 0 Å². The maximum absolute atomic E-state index is 9.15. The van der Waals surface area contributed by atoms with Crippen LogP contribution in [0.5, 0.6) is 0 Å². The van der Waals surface area contributed by atoms with E-state index < -0.39 is 11.8 Å². The van der Waals surface area contributed by atoms with E-state index in [4.69, 9.17) is 16.5 Å². The molecule has 0 aliphatic carbocycles. The van der Waals surface area contributed by atoms with Crippen molar-refractivity contribution in [1.82, 2.24) is 0 Å². The zero-order valence-electron chi connectivity index (χ0n) is 22.6. The number of hydrogen-bond acceptors (Lipinski definition) is 1. The van der Waals surface area contributed by atoms with Crippen LogP contribution >= 0.6 is 0 Å². The second kappa shape index (κ2) is 6.99. The lowest BCUT2D eigenvalue weighted by molar-refractivity contribution is -0.666. The molecule has 0 unspecified atom stereocenters. The Kier molecular flexibility index (Phi) is 3.65. The van der Waals surface area contributed by atoms with Gasteiger partial charge >= 0.3 is 0 Å². The maximum atomic E-state index is 9.15. The lowest BCUT2D eigenvalue weighted by Crippen LogP contribution is -2.35. The lowest BCUT2D eigenvalue weighted by Gasteiger charge is -2.18. The Hall–Kier alpha value is -3.12. The van der Waals surface area contributed by atoms with Crippen LogP contribution in [0, 0.1) is 32.8 Å². The molecule has 0 amide bonds. The Morgan fingerprint density at radius 2 is 1.67 bits per heavy atom. The normalized spacial score (nSPS) is 14.3. The van der Waals surface area contributed by atoms with Crippen LogP contribution in [0.2, 0.25) is 0 Å². The number of pyridine rings is 1. The van der Waals surface area contributed by atoms with Crippen LogP contribution in [0.4, 0.5) is 5.69 Å². The second-order valence-electron chi connectivity index (χ2n) is 8.95. The van der Waals surface area contributed by atoms with E-state index in [1.165, 1.54) is 0 Å². The van der Waals surface area contributed by atoms with Crippen molar-refractivity contribution in [3.8, 4) is 11.3 Å². The zero-order valence-corrected chi connectivity index (χ0v) is 18.6. The molecule has 0 fully saturated rings. The number of nitrogens with zero attached hydrogens (tertiary/aromatic N) is 2. The average Bonchev–Trinajstić information content (AvgIpc) is 3.11. The topological polar surface area (TPSA) is 21.4 Å². The Balaban J connectivity index is 2.21. The van der Waals surface area contributed by atoms with Crippen molar-refractivity contribution in [3.63, 3.8) is 0 Å². The Morgan fingerprint density at radius 3 is 2.30 bits per heavy atom. The van der Waals surface area contributed by atoms with E-state index in [1.54, 1.807) is 39.3 Å². The molecule has 0 aliphatic heterocycles. The summed E-state index contributed by atoms with van der Waals surface area (Å²) in [5, 5.41) is 1.67. The molecule has 3 nitrogen and oxygen atoms in total. The molecule has 2 heterocycles. The molecule has 0 saturated heterocycles. The number of fused-ring (bicyclic) bond motifs is 3. The standard InChI is InChI=1S/C27H29N2O/c1-16-9-11-20-21-12-10-17(2)24(28-7)26(21)30-25(20)23(16)22-14-19(15-27(4,5)6)13-18(3)29(22)8/h9-14H,15H2,1-6,8H3/q+1/i13D,14D,15D2. The fourth-order valence-corrected chi connectivity index (χ4v) is 3.85. The molecule has 0 atom stereocenters. The first-order valence-corrected chi connectivity index (χ1v) is 10.1. The van der Waals surface area contributed by atoms with E-state index in [0.717, 1.165) is 21.9 Å². The van der Waals surface area contributed by atoms with Gasteiger partial charge < -0.3 is 4.42 Å². The Morgan fingerprint density at radius 1 is 1.03 bits per heavy atom. The third kappa shape index (κ3) is 3.27. The summed E-state index contributed by atoms with van der Waals surface area (Å²) >= 11 is 0. The van der Waals surface area contributed by atoms with Crippen molar-refractivity contribution in [1.29, 1.82) is 0 Å². The van der Waals surface area contributed by atoms with E-state index >= 15 is 0 Å². The van der Waals surface area contributed by atoms with E-state index in [0.29, 0.717) is 33.8 Å². The molecule has 3 heteroatoms. The minimum absolute atomic E-state index is 0.0179. The van der Waals surface area contributed by atoms with Gasteiger partial charge in [0.1, 0.15) is 18.2 Å². The molecular weight excluding hydrogens is 368 g/mol. The van der Waals surface area contributed by atoms with E-state index in [1.807, 2.05) is 38.1 Å². The van der Waals surface area contributed by atoms with Gasteiger partial charge in [-0.3, -0.25) is 0 Å². The average molecular weight is 402 g/mol. The summed E-state index contributed by atoms with van der Waals surface area (Å²) < 4.78 is 43.7. The molecule has 2 aromatic carbocycles. The van der Waals surface area contributed by atoms with E-state index in [2.05, 4.69) is 4.85 Å². The minimum Gasteiger partial charge on any atom is -0.466 e. The van der Waals surface area contributed by atoms with Gasteiger partial charge in [0.15, 0.2) is 5.69 Å². The summed E-state index contributed by atoms with van der Waals surface area (Å²) in [5.41, 5.74) is 4.27. The first kappa shape index (κ1) is 15.7. The van der Waals surface area contributed by atoms with Gasteiger partial charge in [-0.25, -0.2) is 4.85 Å². The van der Waals surface area contributed by atoms with Gasteiger partial charge in [-0.05, 0) is 42.3 Å². The zero-order chi connectivity index (χ0) is 25.3. The van der Waals surface area contributed by atoms with Crippen molar-refractivity contribution >= 4 is 27.6 Å². The first-order chi connectivity index (χ1) is 15.7. The Bertz CT molecular complexity index is 1540. The molecule has 0 radical (unpaired) electrons. The minimum atomic E-state index is -1.90. The predicted molar refractivity (Wildman–Crippen MR) is 124 cm³/mol. The van der Waals surface area contributed by atoms with Crippen LogP contribution in [0.3, 0.4) is 0 Å². The van der Waals surface area contributed by atoms with Gasteiger partial charge in [0.2, 0.25) is 11.4 Å². The van der Waals surface area contributed by atoms with E-state index in [9.17, 15) is 0 Å². The monoisotopic (exact) mass is 401 g/mol. The lowest BCUT2D eigenvalue weighted by atomic mass is 9.87. The van der Waals surface area contributed by atoms with Gasteiger partial charge in [0.25, 0.3) is 0 Å². The second-order valence-corrected chi connectivity index (χ2v) is 8.95. The van der Waals surface area contributed by atoms with Gasteiger partial charge in [0, 0.05) is 32.5 Å². The highest BCUT2D eigenvalue weighted by Crippen LogP contribution is 2.41. The molecule has 152 valence electrons. The fourth-order valence-electron chi connectivity index (χ4n) is 3.85. The molecule has 30 heavy (non-hydrogen) atoms. The molecule has 2 aromatic heterocycles. The van der Waals surface area contributed by atoms with Crippen molar-refractivity contribution in [3.05, 3.63) is 70.2 Å². The summed E-state index contributed by atoms with van der Waals surface area (Å²) in [4.78, 5) is 3.69. The number of aryl methyl sites for hydroxylation is 2. The van der Waals surface area contributed by atoms with Crippen LogP contribution in [0.1, 0.15) is 48.6 Å². The highest BCUT2D eigenvalue weighted by molar-refractivity contribution is 6.13. The van der Waals surface area contributed by atoms with Gasteiger partial charge in [-0.15, -0.1) is 0 Å². The largest absolute Gasteiger partial charge is 0.466 e. The molecule has 4 rings (SSSR count). The molecule has 0 aliphatic rings. The highest BCUT2D eigenvalue weighted by atomic mass is 16.3. The van der Waals surface area contributed by atoms with Gasteiger partial charge in [0.05, 0.1) is 14.9 Å². The molecule has 0 saturated carbocycles. The molecular formula is C27H29N2O+. The summed E-state index contributed by atoms with van der Waals surface area (Å²) in [6.45, 7) is 18.6. The Labute approximate surface area is 184 Å². The van der Waals surface area contributed by atoms with Crippen molar-refractivity contribution in [2.45, 2.75) is 47.9 Å². The van der Waals surface area contributed by atoms with Gasteiger partial charge in [-0.2, -0.15) is 4.57 Å². The van der Waals surface area contributed by atoms with Crippen molar-refractivity contribution in [2.24, 2.45) is 12.5 Å². The number of aromatic nitrogens is 1.